The maximum absolute atomic E-state index is 9.33. The van der Waals surface area contributed by atoms with E-state index in [0.29, 0.717) is 17.7 Å². The van der Waals surface area contributed by atoms with E-state index >= 15 is 0 Å². The van der Waals surface area contributed by atoms with Gasteiger partial charge < -0.3 is 10.4 Å². The van der Waals surface area contributed by atoms with E-state index in [9.17, 15) is 5.11 Å². The van der Waals surface area contributed by atoms with Gasteiger partial charge in [-0.2, -0.15) is 0 Å². The van der Waals surface area contributed by atoms with E-state index in [0.717, 1.165) is 6.42 Å². The molecule has 0 aliphatic carbocycles. The van der Waals surface area contributed by atoms with E-state index in [1.165, 1.54) is 16.7 Å². The maximum atomic E-state index is 9.33. The summed E-state index contributed by atoms with van der Waals surface area (Å²) in [6, 6.07) is 16.6. The molecule has 0 radical (unpaired) electrons. The van der Waals surface area contributed by atoms with E-state index in [4.69, 9.17) is 0 Å². The molecular weight excluding hydrogens is 246 g/mol. The highest BCUT2D eigenvalue weighted by Crippen LogP contribution is 2.22. The zero-order valence-electron chi connectivity index (χ0n) is 12.4. The summed E-state index contributed by atoms with van der Waals surface area (Å²) in [5.41, 5.74) is 3.88. The first-order valence-electron chi connectivity index (χ1n) is 7.15. The van der Waals surface area contributed by atoms with Crippen molar-refractivity contribution < 1.29 is 5.11 Å². The number of hydrogen-bond acceptors (Lipinski definition) is 2. The summed E-state index contributed by atoms with van der Waals surface area (Å²) in [5, 5.41) is 12.7. The minimum absolute atomic E-state index is 0.292. The van der Waals surface area contributed by atoms with Gasteiger partial charge in [-0.15, -0.1) is 0 Å². The lowest BCUT2D eigenvalue weighted by atomic mass is 9.95. The Kier molecular flexibility index (Phi) is 4.80. The van der Waals surface area contributed by atoms with E-state index in [1.54, 1.807) is 12.1 Å². The molecule has 2 rings (SSSR count). The van der Waals surface area contributed by atoms with E-state index < -0.39 is 0 Å². The SMILES string of the molecule is CNC(Cc1ccc(O)cc1)c1ccc(C(C)C)cc1. The van der Waals surface area contributed by atoms with Crippen LogP contribution in [0.4, 0.5) is 0 Å². The van der Waals surface area contributed by atoms with Crippen molar-refractivity contribution in [1.82, 2.24) is 5.32 Å². The van der Waals surface area contributed by atoms with Gasteiger partial charge in [-0.05, 0) is 48.2 Å². The van der Waals surface area contributed by atoms with Crippen molar-refractivity contribution in [1.29, 1.82) is 0 Å². The first kappa shape index (κ1) is 14.6. The van der Waals surface area contributed by atoms with Crippen LogP contribution in [0, 0.1) is 0 Å². The Morgan fingerprint density at radius 1 is 0.900 bits per heavy atom. The molecule has 0 fully saturated rings. The highest BCUT2D eigenvalue weighted by Gasteiger charge is 2.10. The second-order valence-electron chi connectivity index (χ2n) is 5.53. The smallest absolute Gasteiger partial charge is 0.115 e. The predicted molar refractivity (Wildman–Crippen MR) is 84.1 cm³/mol. The molecule has 0 aliphatic rings. The molecule has 2 aromatic rings. The monoisotopic (exact) mass is 269 g/mol. The van der Waals surface area contributed by atoms with Gasteiger partial charge in [0.1, 0.15) is 5.75 Å². The van der Waals surface area contributed by atoms with Crippen LogP contribution in [0.25, 0.3) is 0 Å². The van der Waals surface area contributed by atoms with Crippen LogP contribution < -0.4 is 5.32 Å². The lowest BCUT2D eigenvalue weighted by Gasteiger charge is -2.18. The Bertz CT molecular complexity index is 528. The third-order valence-corrected chi connectivity index (χ3v) is 3.73. The molecule has 2 nitrogen and oxygen atoms in total. The van der Waals surface area contributed by atoms with Crippen molar-refractivity contribution in [3.05, 3.63) is 65.2 Å². The summed E-state index contributed by atoms with van der Waals surface area (Å²) in [4.78, 5) is 0. The van der Waals surface area contributed by atoms with Gasteiger partial charge in [-0.1, -0.05) is 50.2 Å². The van der Waals surface area contributed by atoms with Crippen molar-refractivity contribution in [2.75, 3.05) is 7.05 Å². The topological polar surface area (TPSA) is 32.3 Å². The average molecular weight is 269 g/mol. The Balaban J connectivity index is 2.13. The number of benzene rings is 2. The van der Waals surface area contributed by atoms with Gasteiger partial charge in [0.2, 0.25) is 0 Å². The van der Waals surface area contributed by atoms with Gasteiger partial charge in [0.05, 0.1) is 0 Å². The molecule has 0 heterocycles. The largest absolute Gasteiger partial charge is 0.508 e. The van der Waals surface area contributed by atoms with Gasteiger partial charge in [-0.3, -0.25) is 0 Å². The maximum Gasteiger partial charge on any atom is 0.115 e. The number of hydrogen-bond donors (Lipinski definition) is 2. The molecule has 20 heavy (non-hydrogen) atoms. The molecule has 0 spiro atoms. The summed E-state index contributed by atoms with van der Waals surface area (Å²) in [6.45, 7) is 4.42. The minimum Gasteiger partial charge on any atom is -0.508 e. The molecule has 2 aromatic carbocycles. The Labute approximate surface area is 121 Å². The van der Waals surface area contributed by atoms with E-state index in [2.05, 4.69) is 43.4 Å². The summed E-state index contributed by atoms with van der Waals surface area (Å²) in [6.07, 6.45) is 0.914. The first-order valence-corrected chi connectivity index (χ1v) is 7.15. The fourth-order valence-electron chi connectivity index (χ4n) is 2.37. The average Bonchev–Trinajstić information content (AvgIpc) is 2.47. The molecule has 0 amide bonds. The summed E-state index contributed by atoms with van der Waals surface area (Å²) < 4.78 is 0. The van der Waals surface area contributed by atoms with E-state index in [1.807, 2.05) is 19.2 Å². The summed E-state index contributed by atoms with van der Waals surface area (Å²) in [5.74, 6) is 0.880. The van der Waals surface area contributed by atoms with Crippen molar-refractivity contribution in [2.24, 2.45) is 0 Å². The highest BCUT2D eigenvalue weighted by atomic mass is 16.3. The number of phenols is 1. The van der Waals surface area contributed by atoms with Crippen LogP contribution in [0.5, 0.6) is 5.75 Å². The summed E-state index contributed by atoms with van der Waals surface area (Å²) >= 11 is 0. The number of phenolic OH excluding ortho intramolecular Hbond substituents is 1. The third-order valence-electron chi connectivity index (χ3n) is 3.73. The van der Waals surface area contributed by atoms with Crippen LogP contribution in [0.1, 0.15) is 42.5 Å². The molecule has 2 heteroatoms. The molecule has 1 unspecified atom stereocenters. The van der Waals surface area contributed by atoms with Crippen molar-refractivity contribution in [2.45, 2.75) is 32.2 Å². The van der Waals surface area contributed by atoms with Crippen molar-refractivity contribution in [3.8, 4) is 5.75 Å². The molecule has 1 atom stereocenters. The Morgan fingerprint density at radius 2 is 1.45 bits per heavy atom. The molecule has 0 bridgehead atoms. The van der Waals surface area contributed by atoms with Crippen LogP contribution in [0.2, 0.25) is 0 Å². The molecule has 0 saturated heterocycles. The second kappa shape index (κ2) is 6.58. The van der Waals surface area contributed by atoms with Crippen LogP contribution in [0.15, 0.2) is 48.5 Å². The zero-order valence-corrected chi connectivity index (χ0v) is 12.4. The van der Waals surface area contributed by atoms with Gasteiger partial charge in [0.25, 0.3) is 0 Å². The number of rotatable bonds is 5. The van der Waals surface area contributed by atoms with Crippen molar-refractivity contribution in [3.63, 3.8) is 0 Å². The second-order valence-corrected chi connectivity index (χ2v) is 5.53. The molecule has 0 aromatic heterocycles. The van der Waals surface area contributed by atoms with Gasteiger partial charge in [0.15, 0.2) is 0 Å². The fraction of sp³-hybridized carbons (Fsp3) is 0.333. The van der Waals surface area contributed by atoms with Gasteiger partial charge >= 0.3 is 0 Å². The normalized spacial score (nSPS) is 12.6. The van der Waals surface area contributed by atoms with E-state index in [-0.39, 0.29) is 0 Å². The molecule has 0 aliphatic heterocycles. The minimum atomic E-state index is 0.292. The van der Waals surface area contributed by atoms with Crippen LogP contribution >= 0.6 is 0 Å². The van der Waals surface area contributed by atoms with Crippen LogP contribution in [-0.2, 0) is 6.42 Å². The quantitative estimate of drug-likeness (QED) is 0.859. The first-order chi connectivity index (χ1) is 9.60. The highest BCUT2D eigenvalue weighted by molar-refractivity contribution is 5.30. The molecule has 106 valence electrons. The fourth-order valence-corrected chi connectivity index (χ4v) is 2.37. The number of likely N-dealkylation sites (N-methyl/N-ethyl adjacent to an activating group) is 1. The Hall–Kier alpha value is -1.80. The lowest BCUT2D eigenvalue weighted by Crippen LogP contribution is -2.18. The third kappa shape index (κ3) is 3.61. The van der Waals surface area contributed by atoms with Gasteiger partial charge in [-0.25, -0.2) is 0 Å². The van der Waals surface area contributed by atoms with Gasteiger partial charge in [0, 0.05) is 6.04 Å². The standard InChI is InChI=1S/C18H23NO/c1-13(2)15-6-8-16(9-7-15)18(19-3)12-14-4-10-17(20)11-5-14/h4-11,13,18-20H,12H2,1-3H3. The zero-order chi connectivity index (χ0) is 14.5. The molecule has 0 saturated carbocycles. The molecular formula is C18H23NO. The van der Waals surface area contributed by atoms with Crippen LogP contribution in [-0.4, -0.2) is 12.2 Å². The Morgan fingerprint density at radius 3 is 1.95 bits per heavy atom. The predicted octanol–water partition coefficient (Wildman–Crippen LogP) is 4.02. The lowest BCUT2D eigenvalue weighted by molar-refractivity contribution is 0.475. The van der Waals surface area contributed by atoms with Crippen LogP contribution in [0.3, 0.4) is 0 Å². The number of nitrogens with one attached hydrogen (secondary N) is 1. The summed E-state index contributed by atoms with van der Waals surface area (Å²) in [7, 11) is 1.99. The van der Waals surface area contributed by atoms with Crippen molar-refractivity contribution >= 4 is 0 Å². The number of aromatic hydroxyl groups is 1. The molecule has 2 N–H and O–H groups in total.